The third-order valence-electron chi connectivity index (χ3n) is 6.66. The predicted octanol–water partition coefficient (Wildman–Crippen LogP) is 1.90. The van der Waals surface area contributed by atoms with Crippen molar-refractivity contribution in [3.8, 4) is 0 Å². The molecule has 0 radical (unpaired) electrons. The first-order valence-electron chi connectivity index (χ1n) is 10.8. The van der Waals surface area contributed by atoms with E-state index in [1.165, 1.54) is 18.9 Å². The van der Waals surface area contributed by atoms with Gasteiger partial charge < -0.3 is 15.6 Å². The second-order valence-electron chi connectivity index (χ2n) is 8.88. The van der Waals surface area contributed by atoms with Crippen LogP contribution in [0.3, 0.4) is 0 Å². The van der Waals surface area contributed by atoms with Gasteiger partial charge >= 0.3 is 0 Å². The molecule has 3 aromatic heterocycles. The standard InChI is InChI=1S/C23H27N7O/c1-15-11-26-19(16(2)27-15)9-18(24)20-10-22(31)30-12-17(3-4-21(30)28-20)29-7-5-23(6-8-29)13-25-14-23/h3-4,10-12,24-25H,5-9,13-14H2,1-2H3. The number of anilines is 1. The van der Waals surface area contributed by atoms with Gasteiger partial charge in [0.25, 0.3) is 5.56 Å². The van der Waals surface area contributed by atoms with Gasteiger partial charge in [0.2, 0.25) is 0 Å². The smallest absolute Gasteiger partial charge is 0.258 e. The Balaban J connectivity index is 1.37. The van der Waals surface area contributed by atoms with E-state index in [1.54, 1.807) is 10.6 Å². The zero-order valence-corrected chi connectivity index (χ0v) is 18.0. The summed E-state index contributed by atoms with van der Waals surface area (Å²) in [5.74, 6) is 0. The lowest BCUT2D eigenvalue weighted by molar-refractivity contribution is 0.126. The van der Waals surface area contributed by atoms with Crippen LogP contribution in [0.1, 0.15) is 35.6 Å². The van der Waals surface area contributed by atoms with Gasteiger partial charge in [-0.05, 0) is 44.2 Å². The second-order valence-corrected chi connectivity index (χ2v) is 8.88. The molecule has 2 saturated heterocycles. The molecule has 0 aliphatic carbocycles. The van der Waals surface area contributed by atoms with Crippen molar-refractivity contribution in [3.63, 3.8) is 0 Å². The summed E-state index contributed by atoms with van der Waals surface area (Å²) in [6, 6.07) is 5.35. The molecule has 5 heterocycles. The Morgan fingerprint density at radius 3 is 2.65 bits per heavy atom. The van der Waals surface area contributed by atoms with E-state index < -0.39 is 0 Å². The van der Waals surface area contributed by atoms with Crippen LogP contribution in [0.4, 0.5) is 5.69 Å². The molecule has 0 unspecified atom stereocenters. The molecule has 8 nitrogen and oxygen atoms in total. The minimum Gasteiger partial charge on any atom is -0.370 e. The van der Waals surface area contributed by atoms with Gasteiger partial charge in [-0.15, -0.1) is 0 Å². The van der Waals surface area contributed by atoms with Crippen LogP contribution in [-0.2, 0) is 6.42 Å². The maximum atomic E-state index is 12.8. The summed E-state index contributed by atoms with van der Waals surface area (Å²) < 4.78 is 1.58. The minimum absolute atomic E-state index is 0.171. The number of nitrogens with zero attached hydrogens (tertiary/aromatic N) is 5. The maximum absolute atomic E-state index is 12.8. The maximum Gasteiger partial charge on any atom is 0.258 e. The molecule has 2 N–H and O–H groups in total. The van der Waals surface area contributed by atoms with Gasteiger partial charge in [0, 0.05) is 51.1 Å². The molecule has 1 spiro atoms. The molecule has 8 heteroatoms. The SMILES string of the molecule is Cc1cnc(CC(=N)c2cc(=O)n3cc(N4CCC5(CC4)CNC5)ccc3n2)c(C)n1. The number of pyridine rings is 1. The normalized spacial score (nSPS) is 17.7. The zero-order chi connectivity index (χ0) is 21.6. The number of rotatable bonds is 4. The summed E-state index contributed by atoms with van der Waals surface area (Å²) in [5.41, 5.74) is 4.95. The van der Waals surface area contributed by atoms with E-state index in [9.17, 15) is 4.79 Å². The van der Waals surface area contributed by atoms with Crippen LogP contribution >= 0.6 is 0 Å². The van der Waals surface area contributed by atoms with Gasteiger partial charge in [0.05, 0.1) is 34.2 Å². The number of aryl methyl sites for hydroxylation is 2. The largest absolute Gasteiger partial charge is 0.370 e. The summed E-state index contributed by atoms with van der Waals surface area (Å²) >= 11 is 0. The van der Waals surface area contributed by atoms with E-state index >= 15 is 0 Å². The third-order valence-corrected chi connectivity index (χ3v) is 6.66. The Bertz CT molecular complexity index is 1220. The van der Waals surface area contributed by atoms with Crippen molar-refractivity contribution in [1.82, 2.24) is 24.7 Å². The molecule has 0 bridgehead atoms. The molecule has 0 atom stereocenters. The first kappa shape index (κ1) is 19.8. The Hall–Kier alpha value is -3.13. The first-order valence-corrected chi connectivity index (χ1v) is 10.8. The van der Waals surface area contributed by atoms with Gasteiger partial charge in [-0.25, -0.2) is 4.98 Å². The lowest BCUT2D eigenvalue weighted by atomic mass is 9.73. The number of nitrogens with one attached hydrogen (secondary N) is 2. The molecule has 2 fully saturated rings. The van der Waals surface area contributed by atoms with Gasteiger partial charge in [-0.1, -0.05) is 0 Å². The van der Waals surface area contributed by atoms with E-state index in [4.69, 9.17) is 5.41 Å². The fourth-order valence-corrected chi connectivity index (χ4v) is 4.56. The number of piperidine rings is 1. The third kappa shape index (κ3) is 3.72. The van der Waals surface area contributed by atoms with Crippen LogP contribution in [0.2, 0.25) is 0 Å². The van der Waals surface area contributed by atoms with Crippen molar-refractivity contribution in [3.05, 3.63) is 63.7 Å². The lowest BCUT2D eigenvalue weighted by Crippen LogP contribution is -2.58. The number of fused-ring (bicyclic) bond motifs is 1. The number of aromatic nitrogens is 4. The lowest BCUT2D eigenvalue weighted by Gasteiger charge is -2.48. The molecule has 2 aliphatic rings. The van der Waals surface area contributed by atoms with Crippen molar-refractivity contribution in [2.75, 3.05) is 31.1 Å². The summed E-state index contributed by atoms with van der Waals surface area (Å²) in [6.07, 6.45) is 6.24. The fraction of sp³-hybridized carbons (Fsp3) is 0.435. The van der Waals surface area contributed by atoms with Gasteiger partial charge in [0.15, 0.2) is 0 Å². The Morgan fingerprint density at radius 2 is 1.97 bits per heavy atom. The van der Waals surface area contributed by atoms with Crippen LogP contribution < -0.4 is 15.8 Å². The minimum atomic E-state index is -0.171. The van der Waals surface area contributed by atoms with E-state index in [0.717, 1.165) is 48.9 Å². The van der Waals surface area contributed by atoms with Crippen molar-refractivity contribution in [1.29, 1.82) is 5.41 Å². The molecule has 31 heavy (non-hydrogen) atoms. The Kier molecular flexibility index (Phi) is 4.81. The van der Waals surface area contributed by atoms with Crippen LogP contribution in [0, 0.1) is 24.7 Å². The molecule has 160 valence electrons. The van der Waals surface area contributed by atoms with Crippen molar-refractivity contribution < 1.29 is 0 Å². The van der Waals surface area contributed by atoms with E-state index in [0.29, 0.717) is 23.2 Å². The second kappa shape index (κ2) is 7.53. The predicted molar refractivity (Wildman–Crippen MR) is 120 cm³/mol. The van der Waals surface area contributed by atoms with E-state index in [1.807, 2.05) is 32.2 Å². The summed E-state index contributed by atoms with van der Waals surface area (Å²) in [6.45, 7) is 8.05. The molecule has 5 rings (SSSR count). The number of hydrogen-bond donors (Lipinski definition) is 2. The summed E-state index contributed by atoms with van der Waals surface area (Å²) in [4.78, 5) is 28.6. The molecule has 2 aliphatic heterocycles. The van der Waals surface area contributed by atoms with Gasteiger partial charge in [-0.2, -0.15) is 0 Å². The van der Waals surface area contributed by atoms with Crippen molar-refractivity contribution >= 4 is 17.0 Å². The van der Waals surface area contributed by atoms with Crippen LogP contribution in [0.5, 0.6) is 0 Å². The van der Waals surface area contributed by atoms with Crippen molar-refractivity contribution in [2.24, 2.45) is 5.41 Å². The molecular formula is C23H27N7O. The molecule has 3 aromatic rings. The Labute approximate surface area is 180 Å². The molecule has 0 saturated carbocycles. The van der Waals surface area contributed by atoms with Crippen molar-refractivity contribution in [2.45, 2.75) is 33.1 Å². The van der Waals surface area contributed by atoms with Crippen LogP contribution in [0.15, 0.2) is 35.4 Å². The van der Waals surface area contributed by atoms with E-state index in [-0.39, 0.29) is 11.3 Å². The monoisotopic (exact) mass is 417 g/mol. The van der Waals surface area contributed by atoms with Gasteiger partial charge in [0.1, 0.15) is 5.65 Å². The highest BCUT2D eigenvalue weighted by atomic mass is 16.1. The highest BCUT2D eigenvalue weighted by Gasteiger charge is 2.39. The average molecular weight is 418 g/mol. The fourth-order valence-electron chi connectivity index (χ4n) is 4.56. The first-order chi connectivity index (χ1) is 14.9. The highest BCUT2D eigenvalue weighted by Crippen LogP contribution is 2.36. The van der Waals surface area contributed by atoms with Gasteiger partial charge in [-0.3, -0.25) is 19.2 Å². The molecule has 0 amide bonds. The van der Waals surface area contributed by atoms with Crippen LogP contribution in [-0.4, -0.2) is 51.2 Å². The van der Waals surface area contributed by atoms with E-state index in [2.05, 4.69) is 25.2 Å². The summed E-state index contributed by atoms with van der Waals surface area (Å²) in [7, 11) is 0. The van der Waals surface area contributed by atoms with Crippen LogP contribution in [0.25, 0.3) is 5.65 Å². The number of hydrogen-bond acceptors (Lipinski definition) is 7. The average Bonchev–Trinajstić information content (AvgIpc) is 2.74. The molecule has 0 aromatic carbocycles. The zero-order valence-electron chi connectivity index (χ0n) is 18.0. The topological polar surface area (TPSA) is 99.3 Å². The highest BCUT2D eigenvalue weighted by molar-refractivity contribution is 5.98. The quantitative estimate of drug-likeness (QED) is 0.629. The summed E-state index contributed by atoms with van der Waals surface area (Å²) in [5, 5.41) is 11.9. The Morgan fingerprint density at radius 1 is 1.19 bits per heavy atom. The molecular weight excluding hydrogens is 390 g/mol.